The van der Waals surface area contributed by atoms with Crippen LogP contribution in [-0.4, -0.2) is 30.8 Å². The van der Waals surface area contributed by atoms with Gasteiger partial charge in [-0.1, -0.05) is 111 Å². The molecular formula is C42H29BN6O+. The fourth-order valence-corrected chi connectivity index (χ4v) is 8.31. The summed E-state index contributed by atoms with van der Waals surface area (Å²) in [5, 5.41) is 0. The van der Waals surface area contributed by atoms with Crippen LogP contribution in [0, 0.1) is 0 Å². The number of para-hydroxylation sites is 2. The molecule has 9 aromatic rings. The number of fused-ring (bicyclic) bond motifs is 11. The quantitative estimate of drug-likeness (QED) is 0.145. The van der Waals surface area contributed by atoms with Crippen LogP contribution in [0.1, 0.15) is 30.5 Å². The van der Waals surface area contributed by atoms with Gasteiger partial charge in [0, 0.05) is 28.9 Å². The van der Waals surface area contributed by atoms with E-state index in [2.05, 4.69) is 161 Å². The summed E-state index contributed by atoms with van der Waals surface area (Å²) in [6.07, 6.45) is 8.01. The number of benzene rings is 5. The summed E-state index contributed by atoms with van der Waals surface area (Å²) in [5.74, 6) is 2.81. The Kier molecular flexibility index (Phi) is 5.41. The number of hydrogen-bond acceptors (Lipinski definition) is 3. The second-order valence-corrected chi connectivity index (χ2v) is 13.6. The second-order valence-electron chi connectivity index (χ2n) is 13.6. The van der Waals surface area contributed by atoms with Crippen molar-refractivity contribution in [3.63, 3.8) is 0 Å². The maximum Gasteiger partial charge on any atom is 0.393 e. The van der Waals surface area contributed by atoms with E-state index >= 15 is 0 Å². The van der Waals surface area contributed by atoms with Crippen molar-refractivity contribution in [2.24, 2.45) is 0 Å². The molecule has 6 heterocycles. The number of nitrogens with zero attached hydrogens (tertiary/aromatic N) is 6. The average molecular weight is 645 g/mol. The van der Waals surface area contributed by atoms with Gasteiger partial charge in [-0.25, -0.2) is 4.98 Å². The highest BCUT2D eigenvalue weighted by molar-refractivity contribution is 6.56. The third-order valence-corrected chi connectivity index (χ3v) is 10.6. The first-order valence-corrected chi connectivity index (χ1v) is 16.9. The molecule has 235 valence electrons. The summed E-state index contributed by atoms with van der Waals surface area (Å²) in [4.78, 5) is 10.0. The zero-order chi connectivity index (χ0) is 33.1. The van der Waals surface area contributed by atoms with Crippen molar-refractivity contribution in [2.45, 2.75) is 19.3 Å². The standard InChI is InChI=1S/C42H29BN6O/c1-42(2)31-16-7-5-14-30(31)36(25-48-39-32(42)17-10-20-35(39)47-24-22-44-40(47)48)50-37-21-23-46-34-19-9-15-29-27-12-4-3-11-26(27)28-13-6-8-18-33(28)43-49(38(29)34)41(46)45-37/h3-25H,1-2H3/q+1. The summed E-state index contributed by atoms with van der Waals surface area (Å²) in [6, 6.07) is 40.8. The molecule has 1 radical (unpaired) electrons. The van der Waals surface area contributed by atoms with Crippen molar-refractivity contribution in [1.82, 2.24) is 23.4 Å². The number of rotatable bonds is 2. The molecular weight excluding hydrogens is 615 g/mol. The van der Waals surface area contributed by atoms with E-state index in [1.165, 1.54) is 27.8 Å². The summed E-state index contributed by atoms with van der Waals surface area (Å²) < 4.78 is 15.6. The van der Waals surface area contributed by atoms with Crippen molar-refractivity contribution in [3.8, 4) is 28.1 Å². The predicted octanol–water partition coefficient (Wildman–Crippen LogP) is 7.49. The van der Waals surface area contributed by atoms with E-state index in [0.29, 0.717) is 11.6 Å². The van der Waals surface area contributed by atoms with Gasteiger partial charge in [-0.15, -0.1) is 0 Å². The maximum absolute atomic E-state index is 6.94. The minimum atomic E-state index is -0.324. The van der Waals surface area contributed by atoms with Crippen LogP contribution in [0.3, 0.4) is 0 Å². The normalized spacial score (nSPS) is 14.2. The van der Waals surface area contributed by atoms with Gasteiger partial charge in [-0.2, -0.15) is 4.40 Å². The van der Waals surface area contributed by atoms with E-state index in [1.807, 2.05) is 18.5 Å². The van der Waals surface area contributed by atoms with Crippen LogP contribution in [0.4, 0.5) is 0 Å². The molecule has 0 N–H and O–H groups in total. The van der Waals surface area contributed by atoms with Crippen LogP contribution in [0.25, 0.3) is 67.8 Å². The van der Waals surface area contributed by atoms with Gasteiger partial charge in [0.1, 0.15) is 11.0 Å². The van der Waals surface area contributed by atoms with Crippen molar-refractivity contribution in [3.05, 3.63) is 151 Å². The van der Waals surface area contributed by atoms with E-state index < -0.39 is 0 Å². The maximum atomic E-state index is 6.94. The lowest BCUT2D eigenvalue weighted by Gasteiger charge is -2.31. The van der Waals surface area contributed by atoms with Crippen molar-refractivity contribution in [1.29, 1.82) is 0 Å². The van der Waals surface area contributed by atoms with Crippen molar-refractivity contribution >= 4 is 58.5 Å². The first-order chi connectivity index (χ1) is 24.6. The van der Waals surface area contributed by atoms with Crippen LogP contribution in [-0.2, 0) is 5.41 Å². The summed E-state index contributed by atoms with van der Waals surface area (Å²) in [5.41, 5.74) is 13.4. The second kappa shape index (κ2) is 9.83. The van der Waals surface area contributed by atoms with Gasteiger partial charge in [0.2, 0.25) is 5.78 Å². The molecule has 0 unspecified atom stereocenters. The van der Waals surface area contributed by atoms with E-state index in [9.17, 15) is 0 Å². The average Bonchev–Trinajstić information content (AvgIpc) is 3.83. The lowest BCUT2D eigenvalue weighted by atomic mass is 9.74. The third kappa shape index (κ3) is 3.62. The van der Waals surface area contributed by atoms with Gasteiger partial charge in [0.15, 0.2) is 5.76 Å². The fourth-order valence-electron chi connectivity index (χ4n) is 8.31. The topological polar surface area (TPSA) is 53.4 Å². The Bertz CT molecular complexity index is 2930. The van der Waals surface area contributed by atoms with Gasteiger partial charge in [0.25, 0.3) is 0 Å². The van der Waals surface area contributed by atoms with Gasteiger partial charge in [0.05, 0.1) is 29.5 Å². The third-order valence-electron chi connectivity index (χ3n) is 10.6. The molecule has 0 amide bonds. The number of ether oxygens (including phenoxy) is 1. The smallest absolute Gasteiger partial charge is 0.393 e. The number of hydrogen-bond donors (Lipinski definition) is 0. The Balaban J connectivity index is 1.16. The van der Waals surface area contributed by atoms with E-state index in [-0.39, 0.29) is 5.41 Å². The first-order valence-electron chi connectivity index (χ1n) is 16.9. The Morgan fingerprint density at radius 1 is 0.700 bits per heavy atom. The minimum Gasteiger partial charge on any atom is -0.424 e. The predicted molar refractivity (Wildman–Crippen MR) is 199 cm³/mol. The molecule has 11 rings (SSSR count). The minimum absolute atomic E-state index is 0.324. The molecule has 0 saturated carbocycles. The van der Waals surface area contributed by atoms with Gasteiger partial charge >= 0.3 is 19.1 Å². The molecule has 0 atom stereocenters. The lowest BCUT2D eigenvalue weighted by Crippen LogP contribution is -2.29. The molecule has 5 aromatic carbocycles. The molecule has 7 nitrogen and oxygen atoms in total. The largest absolute Gasteiger partial charge is 0.424 e. The van der Waals surface area contributed by atoms with E-state index in [1.54, 1.807) is 0 Å². The Morgan fingerprint density at radius 3 is 2.30 bits per heavy atom. The van der Waals surface area contributed by atoms with Crippen LogP contribution >= 0.6 is 0 Å². The molecule has 0 aliphatic carbocycles. The van der Waals surface area contributed by atoms with Crippen LogP contribution in [0.5, 0.6) is 5.88 Å². The monoisotopic (exact) mass is 644 g/mol. The summed E-state index contributed by atoms with van der Waals surface area (Å²) in [6.45, 7) is 4.58. The summed E-state index contributed by atoms with van der Waals surface area (Å²) in [7, 11) is 2.21. The molecule has 50 heavy (non-hydrogen) atoms. The molecule has 2 aliphatic rings. The van der Waals surface area contributed by atoms with Crippen molar-refractivity contribution < 1.29 is 9.14 Å². The van der Waals surface area contributed by atoms with Gasteiger partial charge < -0.3 is 4.74 Å². The van der Waals surface area contributed by atoms with E-state index in [4.69, 9.17) is 14.7 Å². The molecule has 0 bridgehead atoms. The highest BCUT2D eigenvalue weighted by Gasteiger charge is 2.34. The van der Waals surface area contributed by atoms with Crippen LogP contribution in [0.15, 0.2) is 134 Å². The number of aromatic nitrogens is 6. The molecule has 0 saturated heterocycles. The SMILES string of the molecule is CC1(C)c2ccccc2C(Oc2cc[n+]3c4cccc5c4n(c3n2)[B]c2ccccc2-c2ccccc2-5)=Cn2c3c1cccc3n1ccnc21. The highest BCUT2D eigenvalue weighted by Crippen LogP contribution is 2.43. The lowest BCUT2D eigenvalue weighted by molar-refractivity contribution is -0.484. The van der Waals surface area contributed by atoms with Crippen LogP contribution in [0.2, 0.25) is 0 Å². The molecule has 0 fully saturated rings. The molecule has 4 aromatic heterocycles. The Labute approximate surface area is 288 Å². The van der Waals surface area contributed by atoms with E-state index in [0.717, 1.165) is 50.2 Å². The zero-order valence-electron chi connectivity index (χ0n) is 27.4. The zero-order valence-corrected chi connectivity index (χ0v) is 27.4. The fraction of sp³-hybridized carbons (Fsp3) is 0.0714. The summed E-state index contributed by atoms with van der Waals surface area (Å²) >= 11 is 0. The molecule has 8 heteroatoms. The van der Waals surface area contributed by atoms with Gasteiger partial charge in [-0.3, -0.25) is 13.4 Å². The van der Waals surface area contributed by atoms with Crippen LogP contribution < -0.4 is 14.6 Å². The molecule has 2 aliphatic heterocycles. The first kappa shape index (κ1) is 27.5. The number of imidazole rings is 3. The van der Waals surface area contributed by atoms with Gasteiger partial charge in [-0.05, 0) is 50.4 Å². The van der Waals surface area contributed by atoms with Crippen molar-refractivity contribution in [2.75, 3.05) is 0 Å². The molecule has 0 spiro atoms. The Morgan fingerprint density at radius 2 is 1.42 bits per heavy atom. The highest BCUT2D eigenvalue weighted by atomic mass is 16.5. The Hall–Kier alpha value is -6.41.